The summed E-state index contributed by atoms with van der Waals surface area (Å²) in [6.45, 7) is 1.65. The third-order valence-corrected chi connectivity index (χ3v) is 2.92. The third kappa shape index (κ3) is 3.24. The van der Waals surface area contributed by atoms with Crippen LogP contribution in [0.3, 0.4) is 0 Å². The van der Waals surface area contributed by atoms with Crippen molar-refractivity contribution in [3.8, 4) is 0 Å². The van der Waals surface area contributed by atoms with Crippen molar-refractivity contribution < 1.29 is 18.8 Å². The Morgan fingerprint density at radius 2 is 2.26 bits per heavy atom. The van der Waals surface area contributed by atoms with Gasteiger partial charge >= 0.3 is 0 Å². The maximum Gasteiger partial charge on any atom is 0.279 e. The fourth-order valence-corrected chi connectivity index (χ4v) is 2.03. The molecule has 0 aliphatic heterocycles. The number of thiazole rings is 1. The summed E-state index contributed by atoms with van der Waals surface area (Å²) in [6.07, 6.45) is 0. The number of Topliss-reactive ketones (excluding diaryl/α,β-unsaturated/α-hetero) is 1. The molecule has 1 amide bonds. The topological polar surface area (TPSA) is 94.3 Å². The van der Waals surface area contributed by atoms with Gasteiger partial charge in [-0.1, -0.05) is 5.16 Å². The minimum absolute atomic E-state index is 0.131. The number of ketones is 1. The zero-order chi connectivity index (χ0) is 13.8. The summed E-state index contributed by atoms with van der Waals surface area (Å²) in [5.41, 5.74) is 0.451. The molecule has 8 heteroatoms. The van der Waals surface area contributed by atoms with Gasteiger partial charge in [-0.2, -0.15) is 0 Å². The van der Waals surface area contributed by atoms with Crippen LogP contribution < -0.4 is 5.32 Å². The normalized spacial score (nSPS) is 10.4. The first-order chi connectivity index (χ1) is 9.10. The van der Waals surface area contributed by atoms with Gasteiger partial charge in [-0.05, 0) is 0 Å². The molecule has 0 saturated carbocycles. The second kappa shape index (κ2) is 5.72. The summed E-state index contributed by atoms with van der Waals surface area (Å²) in [6, 6.07) is 1.48. The summed E-state index contributed by atoms with van der Waals surface area (Å²) in [5, 5.41) is 8.08. The molecule has 0 aliphatic rings. The molecule has 0 atom stereocenters. The van der Waals surface area contributed by atoms with Crippen molar-refractivity contribution in [2.75, 3.05) is 12.4 Å². The highest BCUT2D eigenvalue weighted by Crippen LogP contribution is 2.17. The van der Waals surface area contributed by atoms with Crippen molar-refractivity contribution in [3.63, 3.8) is 0 Å². The fourth-order valence-electron chi connectivity index (χ4n) is 1.28. The minimum Gasteiger partial charge on any atom is -0.377 e. The van der Waals surface area contributed by atoms with Crippen LogP contribution in [0.15, 0.2) is 16.0 Å². The Morgan fingerprint density at radius 1 is 1.47 bits per heavy atom. The quantitative estimate of drug-likeness (QED) is 0.839. The van der Waals surface area contributed by atoms with Gasteiger partial charge in [-0.25, -0.2) is 4.98 Å². The van der Waals surface area contributed by atoms with Crippen LogP contribution in [-0.4, -0.2) is 28.9 Å². The molecule has 0 unspecified atom stereocenters. The Kier molecular flexibility index (Phi) is 4.03. The number of nitrogens with zero attached hydrogens (tertiary/aromatic N) is 2. The first-order valence-corrected chi connectivity index (χ1v) is 6.20. The fraction of sp³-hybridized carbons (Fsp3) is 0.273. The van der Waals surface area contributed by atoms with Gasteiger partial charge in [-0.15, -0.1) is 11.3 Å². The number of anilines is 1. The van der Waals surface area contributed by atoms with E-state index in [0.717, 1.165) is 0 Å². The van der Waals surface area contributed by atoms with Gasteiger partial charge in [0, 0.05) is 25.5 Å². The average molecular weight is 281 g/mol. The van der Waals surface area contributed by atoms with Gasteiger partial charge in [0.25, 0.3) is 5.91 Å². The van der Waals surface area contributed by atoms with Crippen molar-refractivity contribution in [1.82, 2.24) is 10.1 Å². The highest BCUT2D eigenvalue weighted by atomic mass is 32.1. The van der Waals surface area contributed by atoms with Crippen molar-refractivity contribution >= 4 is 28.2 Å². The number of amides is 1. The molecule has 2 aromatic heterocycles. The predicted octanol–water partition coefficient (Wildman–Crippen LogP) is 1.73. The number of carbonyl (C=O) groups is 2. The molecule has 0 saturated heterocycles. The summed E-state index contributed by atoms with van der Waals surface area (Å²) in [7, 11) is 1.52. The van der Waals surface area contributed by atoms with E-state index in [1.54, 1.807) is 5.38 Å². The van der Waals surface area contributed by atoms with E-state index in [1.807, 2.05) is 0 Å². The SMILES string of the molecule is COCc1cc(C(=O)Nc2nc(C(C)=O)cs2)no1. The Labute approximate surface area is 112 Å². The molecule has 1 N–H and O–H groups in total. The van der Waals surface area contributed by atoms with E-state index in [0.29, 0.717) is 16.6 Å². The van der Waals surface area contributed by atoms with Crippen molar-refractivity contribution in [1.29, 1.82) is 0 Å². The molecule has 100 valence electrons. The molecule has 0 spiro atoms. The smallest absolute Gasteiger partial charge is 0.279 e. The lowest BCUT2D eigenvalue weighted by atomic mass is 10.3. The van der Waals surface area contributed by atoms with E-state index in [-0.39, 0.29) is 18.1 Å². The number of nitrogens with one attached hydrogen (secondary N) is 1. The molecule has 0 bridgehead atoms. The predicted molar refractivity (Wildman–Crippen MR) is 67.3 cm³/mol. The first kappa shape index (κ1) is 13.4. The van der Waals surface area contributed by atoms with Crippen molar-refractivity contribution in [2.24, 2.45) is 0 Å². The number of methoxy groups -OCH3 is 1. The molecule has 0 aliphatic carbocycles. The van der Waals surface area contributed by atoms with Crippen LogP contribution in [-0.2, 0) is 11.3 Å². The summed E-state index contributed by atoms with van der Waals surface area (Å²) in [5.74, 6) is -0.146. The highest BCUT2D eigenvalue weighted by Gasteiger charge is 2.15. The van der Waals surface area contributed by atoms with Crippen molar-refractivity contribution in [2.45, 2.75) is 13.5 Å². The second-order valence-electron chi connectivity index (χ2n) is 3.66. The van der Waals surface area contributed by atoms with E-state index in [9.17, 15) is 9.59 Å². The number of carbonyl (C=O) groups excluding carboxylic acids is 2. The number of hydrogen-bond donors (Lipinski definition) is 1. The van der Waals surface area contributed by atoms with E-state index in [2.05, 4.69) is 15.5 Å². The number of rotatable bonds is 5. The van der Waals surface area contributed by atoms with Crippen LogP contribution in [0.25, 0.3) is 0 Å². The molecular weight excluding hydrogens is 270 g/mol. The Morgan fingerprint density at radius 3 is 2.89 bits per heavy atom. The lowest BCUT2D eigenvalue weighted by Gasteiger charge is -1.95. The van der Waals surface area contributed by atoms with Crippen LogP contribution in [0.2, 0.25) is 0 Å². The second-order valence-corrected chi connectivity index (χ2v) is 4.52. The molecule has 0 aromatic carbocycles. The third-order valence-electron chi connectivity index (χ3n) is 2.16. The lowest BCUT2D eigenvalue weighted by Crippen LogP contribution is -2.12. The average Bonchev–Trinajstić information content (AvgIpc) is 2.98. The van der Waals surface area contributed by atoms with Crippen LogP contribution in [0, 0.1) is 0 Å². The molecule has 19 heavy (non-hydrogen) atoms. The van der Waals surface area contributed by atoms with Crippen LogP contribution in [0.5, 0.6) is 0 Å². The van der Waals surface area contributed by atoms with Crippen LogP contribution >= 0.6 is 11.3 Å². The minimum atomic E-state index is -0.449. The first-order valence-electron chi connectivity index (χ1n) is 5.32. The standard InChI is InChI=1S/C11H11N3O4S/c1-6(15)9-5-19-11(12-9)13-10(16)8-3-7(4-17-2)18-14-8/h3,5H,4H2,1-2H3,(H,12,13,16). The molecule has 7 nitrogen and oxygen atoms in total. The van der Waals surface area contributed by atoms with Gasteiger partial charge in [-0.3, -0.25) is 14.9 Å². The van der Waals surface area contributed by atoms with Gasteiger partial charge in [0.1, 0.15) is 12.3 Å². The summed E-state index contributed by atoms with van der Waals surface area (Å²) in [4.78, 5) is 26.9. The lowest BCUT2D eigenvalue weighted by molar-refractivity contribution is 0.1000. The van der Waals surface area contributed by atoms with Crippen LogP contribution in [0.4, 0.5) is 5.13 Å². The molecule has 0 fully saturated rings. The van der Waals surface area contributed by atoms with E-state index in [1.165, 1.54) is 31.4 Å². The maximum atomic E-state index is 11.8. The monoisotopic (exact) mass is 281 g/mol. The van der Waals surface area contributed by atoms with E-state index >= 15 is 0 Å². The van der Waals surface area contributed by atoms with Gasteiger partial charge < -0.3 is 9.26 Å². The summed E-state index contributed by atoms with van der Waals surface area (Å²) >= 11 is 1.17. The van der Waals surface area contributed by atoms with E-state index in [4.69, 9.17) is 9.26 Å². The van der Waals surface area contributed by atoms with Gasteiger partial charge in [0.2, 0.25) is 0 Å². The molecule has 2 aromatic rings. The molecular formula is C11H11N3O4S. The number of ether oxygens (including phenoxy) is 1. The van der Waals surface area contributed by atoms with Gasteiger partial charge in [0.15, 0.2) is 22.4 Å². The van der Waals surface area contributed by atoms with Crippen molar-refractivity contribution in [3.05, 3.63) is 28.6 Å². The Balaban J connectivity index is 2.04. The molecule has 2 heterocycles. The number of hydrogen-bond acceptors (Lipinski definition) is 7. The van der Waals surface area contributed by atoms with Crippen LogP contribution in [0.1, 0.15) is 33.7 Å². The maximum absolute atomic E-state index is 11.8. The zero-order valence-corrected chi connectivity index (χ0v) is 11.1. The largest absolute Gasteiger partial charge is 0.377 e. The van der Waals surface area contributed by atoms with E-state index < -0.39 is 5.91 Å². The molecule has 2 rings (SSSR count). The number of aromatic nitrogens is 2. The zero-order valence-electron chi connectivity index (χ0n) is 10.3. The van der Waals surface area contributed by atoms with Gasteiger partial charge in [0.05, 0.1) is 0 Å². The Hall–Kier alpha value is -2.06. The highest BCUT2D eigenvalue weighted by molar-refractivity contribution is 7.14. The summed E-state index contributed by atoms with van der Waals surface area (Å²) < 4.78 is 9.76. The molecule has 0 radical (unpaired) electrons. The Bertz CT molecular complexity index is 605.